The predicted molar refractivity (Wildman–Crippen MR) is 60.3 cm³/mol. The maximum absolute atomic E-state index is 3.69. The number of nitrogens with one attached hydrogen (secondary N) is 1. The van der Waals surface area contributed by atoms with Crippen LogP contribution in [0.25, 0.3) is 0 Å². The minimum Gasteiger partial charge on any atom is -0.311 e. The molecule has 2 aliphatic rings. The van der Waals surface area contributed by atoms with Gasteiger partial charge in [-0.2, -0.15) is 11.8 Å². The van der Waals surface area contributed by atoms with Gasteiger partial charge in [-0.15, -0.1) is 0 Å². The Morgan fingerprint density at radius 1 is 1.23 bits per heavy atom. The summed E-state index contributed by atoms with van der Waals surface area (Å²) in [6.07, 6.45) is 5.72. The molecule has 2 bridgehead atoms. The van der Waals surface area contributed by atoms with E-state index in [9.17, 15) is 0 Å². The number of piperidine rings is 1. The van der Waals surface area contributed by atoms with Crippen molar-refractivity contribution in [3.8, 4) is 0 Å². The van der Waals surface area contributed by atoms with Crippen molar-refractivity contribution in [3.63, 3.8) is 0 Å². The van der Waals surface area contributed by atoms with E-state index in [0.29, 0.717) is 0 Å². The van der Waals surface area contributed by atoms with Gasteiger partial charge in [0.1, 0.15) is 0 Å². The molecule has 2 aliphatic heterocycles. The van der Waals surface area contributed by atoms with Crippen molar-refractivity contribution in [1.29, 1.82) is 0 Å². The van der Waals surface area contributed by atoms with Crippen molar-refractivity contribution in [3.05, 3.63) is 0 Å². The van der Waals surface area contributed by atoms with Gasteiger partial charge < -0.3 is 5.32 Å². The van der Waals surface area contributed by atoms with Crippen LogP contribution in [0.1, 0.15) is 39.5 Å². The summed E-state index contributed by atoms with van der Waals surface area (Å²) in [5, 5.41) is 4.65. The van der Waals surface area contributed by atoms with Gasteiger partial charge in [-0.05, 0) is 37.4 Å². The fraction of sp³-hybridized carbons (Fsp3) is 1.00. The molecule has 2 rings (SSSR count). The van der Waals surface area contributed by atoms with Crippen LogP contribution in [0.15, 0.2) is 0 Å². The van der Waals surface area contributed by atoms with Crippen LogP contribution >= 0.6 is 11.8 Å². The molecular formula is C11H21NS. The number of hydrogen-bond donors (Lipinski definition) is 1. The Kier molecular flexibility index (Phi) is 3.20. The predicted octanol–water partition coefficient (Wildman–Crippen LogP) is 2.66. The minimum atomic E-state index is 0.859. The van der Waals surface area contributed by atoms with Crippen LogP contribution < -0.4 is 5.32 Å². The first kappa shape index (κ1) is 9.85. The third-order valence-electron chi connectivity index (χ3n) is 3.10. The van der Waals surface area contributed by atoms with Crippen molar-refractivity contribution >= 4 is 11.8 Å². The highest BCUT2D eigenvalue weighted by Gasteiger charge is 2.33. The molecule has 13 heavy (non-hydrogen) atoms. The standard InChI is InChI=1S/C11H21NS/c1-8(2)7-13-11-5-9-3-4-10(6-11)12-9/h8-12H,3-7H2,1-2H3/t9-,10+,11?. The Labute approximate surface area is 86.0 Å². The third kappa shape index (κ3) is 2.63. The molecule has 2 fully saturated rings. The fourth-order valence-corrected chi connectivity index (χ4v) is 3.86. The average Bonchev–Trinajstić information content (AvgIpc) is 2.42. The second-order valence-corrected chi connectivity index (χ2v) is 6.29. The largest absolute Gasteiger partial charge is 0.311 e. The van der Waals surface area contributed by atoms with E-state index in [1.807, 2.05) is 0 Å². The summed E-state index contributed by atoms with van der Waals surface area (Å²) in [7, 11) is 0. The summed E-state index contributed by atoms with van der Waals surface area (Å²) in [6, 6.07) is 1.73. The average molecular weight is 199 g/mol. The van der Waals surface area contributed by atoms with Gasteiger partial charge in [-0.3, -0.25) is 0 Å². The fourth-order valence-electron chi connectivity index (χ4n) is 2.47. The molecule has 1 nitrogen and oxygen atoms in total. The van der Waals surface area contributed by atoms with Gasteiger partial charge in [0, 0.05) is 17.3 Å². The second-order valence-electron chi connectivity index (χ2n) is 4.96. The number of rotatable bonds is 3. The van der Waals surface area contributed by atoms with Crippen LogP contribution in [0.2, 0.25) is 0 Å². The van der Waals surface area contributed by atoms with E-state index in [-0.39, 0.29) is 0 Å². The zero-order valence-electron chi connectivity index (χ0n) is 8.75. The van der Waals surface area contributed by atoms with Gasteiger partial charge in [-0.1, -0.05) is 13.8 Å². The van der Waals surface area contributed by atoms with E-state index in [2.05, 4.69) is 30.9 Å². The molecule has 0 aromatic rings. The highest BCUT2D eigenvalue weighted by Crippen LogP contribution is 2.34. The monoisotopic (exact) mass is 199 g/mol. The quantitative estimate of drug-likeness (QED) is 0.750. The SMILES string of the molecule is CC(C)CSC1C[C@H]2CC[C@@H](C1)N2. The van der Waals surface area contributed by atoms with Gasteiger partial charge in [-0.25, -0.2) is 0 Å². The lowest BCUT2D eigenvalue weighted by Crippen LogP contribution is -2.39. The van der Waals surface area contributed by atoms with E-state index in [1.165, 1.54) is 31.4 Å². The molecule has 76 valence electrons. The van der Waals surface area contributed by atoms with E-state index >= 15 is 0 Å². The summed E-state index contributed by atoms with van der Waals surface area (Å²) in [5.74, 6) is 2.21. The lowest BCUT2D eigenvalue weighted by atomic mass is 10.1. The molecule has 0 saturated carbocycles. The molecule has 0 aliphatic carbocycles. The Balaban J connectivity index is 1.75. The summed E-state index contributed by atoms with van der Waals surface area (Å²) in [5.41, 5.74) is 0. The van der Waals surface area contributed by atoms with Crippen molar-refractivity contribution < 1.29 is 0 Å². The lowest BCUT2D eigenvalue weighted by molar-refractivity contribution is 0.414. The van der Waals surface area contributed by atoms with Crippen LogP contribution in [0, 0.1) is 5.92 Å². The topological polar surface area (TPSA) is 12.0 Å². The number of thioether (sulfide) groups is 1. The van der Waals surface area contributed by atoms with Crippen LogP contribution in [-0.4, -0.2) is 23.1 Å². The Bertz CT molecular complexity index is 157. The van der Waals surface area contributed by atoms with Gasteiger partial charge in [0.2, 0.25) is 0 Å². The molecular weight excluding hydrogens is 178 g/mol. The number of hydrogen-bond acceptors (Lipinski definition) is 2. The van der Waals surface area contributed by atoms with Gasteiger partial charge in [0.05, 0.1) is 0 Å². The van der Waals surface area contributed by atoms with E-state index in [4.69, 9.17) is 0 Å². The van der Waals surface area contributed by atoms with Gasteiger partial charge in [0.15, 0.2) is 0 Å². The van der Waals surface area contributed by atoms with E-state index < -0.39 is 0 Å². The first-order chi connectivity index (χ1) is 6.24. The Hall–Kier alpha value is 0.310. The highest BCUT2D eigenvalue weighted by molar-refractivity contribution is 7.99. The van der Waals surface area contributed by atoms with Crippen LogP contribution in [0.4, 0.5) is 0 Å². The normalized spacial score (nSPS) is 38.5. The van der Waals surface area contributed by atoms with Crippen LogP contribution in [0.5, 0.6) is 0 Å². The lowest BCUT2D eigenvalue weighted by Gasteiger charge is -2.29. The first-order valence-corrected chi connectivity index (χ1v) is 6.66. The maximum atomic E-state index is 3.69. The van der Waals surface area contributed by atoms with E-state index in [0.717, 1.165) is 23.3 Å². The molecule has 1 unspecified atom stereocenters. The molecule has 0 amide bonds. The molecule has 2 heteroatoms. The molecule has 0 aromatic heterocycles. The summed E-state index contributed by atoms with van der Waals surface area (Å²) < 4.78 is 0. The third-order valence-corrected chi connectivity index (χ3v) is 4.81. The van der Waals surface area contributed by atoms with Gasteiger partial charge in [0.25, 0.3) is 0 Å². The van der Waals surface area contributed by atoms with Crippen molar-refractivity contribution in [2.24, 2.45) is 5.92 Å². The van der Waals surface area contributed by atoms with Gasteiger partial charge >= 0.3 is 0 Å². The molecule has 3 atom stereocenters. The first-order valence-electron chi connectivity index (χ1n) is 5.61. The van der Waals surface area contributed by atoms with Crippen molar-refractivity contribution in [2.75, 3.05) is 5.75 Å². The van der Waals surface area contributed by atoms with Crippen LogP contribution in [-0.2, 0) is 0 Å². The number of fused-ring (bicyclic) bond motifs is 2. The summed E-state index contributed by atoms with van der Waals surface area (Å²) >= 11 is 2.21. The highest BCUT2D eigenvalue weighted by atomic mass is 32.2. The zero-order valence-corrected chi connectivity index (χ0v) is 9.57. The van der Waals surface area contributed by atoms with Crippen LogP contribution in [0.3, 0.4) is 0 Å². The molecule has 2 saturated heterocycles. The van der Waals surface area contributed by atoms with Crippen molar-refractivity contribution in [2.45, 2.75) is 56.9 Å². The summed E-state index contributed by atoms with van der Waals surface area (Å²) in [4.78, 5) is 0. The maximum Gasteiger partial charge on any atom is 0.00807 e. The smallest absolute Gasteiger partial charge is 0.00807 e. The Morgan fingerprint density at radius 3 is 2.38 bits per heavy atom. The molecule has 2 heterocycles. The molecule has 0 radical (unpaired) electrons. The van der Waals surface area contributed by atoms with E-state index in [1.54, 1.807) is 0 Å². The summed E-state index contributed by atoms with van der Waals surface area (Å²) in [6.45, 7) is 4.64. The zero-order chi connectivity index (χ0) is 9.26. The molecule has 0 aromatic carbocycles. The second kappa shape index (κ2) is 4.22. The Morgan fingerprint density at radius 2 is 1.85 bits per heavy atom. The molecule has 0 spiro atoms. The molecule has 1 N–H and O–H groups in total. The minimum absolute atomic E-state index is 0.859. The van der Waals surface area contributed by atoms with Crippen molar-refractivity contribution in [1.82, 2.24) is 5.32 Å².